The van der Waals surface area contributed by atoms with E-state index in [1.54, 1.807) is 0 Å². The molecular formula is C24H17N3O. The lowest BCUT2D eigenvalue weighted by Crippen LogP contribution is -2.10. The van der Waals surface area contributed by atoms with Gasteiger partial charge in [0.1, 0.15) is 5.71 Å². The summed E-state index contributed by atoms with van der Waals surface area (Å²) in [6.07, 6.45) is 3.80. The summed E-state index contributed by atoms with van der Waals surface area (Å²) in [5.41, 5.74) is 5.06. The van der Waals surface area contributed by atoms with Gasteiger partial charge < -0.3 is 9.97 Å². The fourth-order valence-electron chi connectivity index (χ4n) is 3.51. The first-order valence-electron chi connectivity index (χ1n) is 9.12. The van der Waals surface area contributed by atoms with E-state index in [9.17, 15) is 4.79 Å². The highest BCUT2D eigenvalue weighted by molar-refractivity contribution is 6.56. The summed E-state index contributed by atoms with van der Waals surface area (Å²) < 4.78 is 0. The molecule has 2 aromatic heterocycles. The minimum absolute atomic E-state index is 0.000327. The summed E-state index contributed by atoms with van der Waals surface area (Å²) in [5.74, 6) is 0.000327. The second kappa shape index (κ2) is 6.67. The summed E-state index contributed by atoms with van der Waals surface area (Å²) >= 11 is 0. The van der Waals surface area contributed by atoms with Crippen molar-refractivity contribution in [1.82, 2.24) is 9.97 Å². The Labute approximate surface area is 161 Å². The number of ketones is 1. The number of benzene rings is 3. The van der Waals surface area contributed by atoms with Gasteiger partial charge in [-0.1, -0.05) is 48.5 Å². The number of aliphatic imine (C=N–C) groups is 1. The maximum Gasteiger partial charge on any atom is 0.214 e. The van der Waals surface area contributed by atoms with E-state index in [1.807, 2.05) is 73.1 Å². The van der Waals surface area contributed by atoms with Gasteiger partial charge in [0.05, 0.1) is 5.69 Å². The van der Waals surface area contributed by atoms with Gasteiger partial charge in [-0.15, -0.1) is 0 Å². The van der Waals surface area contributed by atoms with Crippen LogP contribution < -0.4 is 0 Å². The molecule has 134 valence electrons. The smallest absolute Gasteiger partial charge is 0.214 e. The number of hydrogen-bond donors (Lipinski definition) is 2. The normalized spacial score (nSPS) is 12.6. The van der Waals surface area contributed by atoms with Gasteiger partial charge in [0.2, 0.25) is 5.78 Å². The Morgan fingerprint density at radius 2 is 1.43 bits per heavy atom. The van der Waals surface area contributed by atoms with Crippen LogP contribution in [-0.4, -0.2) is 21.5 Å². The first-order chi connectivity index (χ1) is 13.8. The molecule has 0 unspecified atom stereocenters. The first kappa shape index (κ1) is 16.3. The number of H-pyrrole nitrogens is 2. The molecule has 5 aromatic rings. The van der Waals surface area contributed by atoms with E-state index >= 15 is 0 Å². The van der Waals surface area contributed by atoms with E-state index in [4.69, 9.17) is 0 Å². The van der Waals surface area contributed by atoms with Crippen molar-refractivity contribution in [2.45, 2.75) is 0 Å². The van der Waals surface area contributed by atoms with Crippen LogP contribution in [0.25, 0.3) is 21.8 Å². The van der Waals surface area contributed by atoms with Crippen LogP contribution in [-0.2, 0) is 0 Å². The van der Waals surface area contributed by atoms with Gasteiger partial charge in [-0.05, 0) is 35.7 Å². The molecule has 1 aliphatic rings. The molecular weight excluding hydrogens is 346 g/mol. The number of carbonyl (C=O) groups is 1. The van der Waals surface area contributed by atoms with Gasteiger partial charge in [0, 0.05) is 39.9 Å². The minimum atomic E-state index is 0.000327. The van der Waals surface area contributed by atoms with Gasteiger partial charge >= 0.3 is 0 Å². The summed E-state index contributed by atoms with van der Waals surface area (Å²) in [5, 5.41) is 2.31. The molecule has 0 fully saturated rings. The third-order valence-corrected chi connectivity index (χ3v) is 4.90. The van der Waals surface area contributed by atoms with Crippen molar-refractivity contribution in [3.8, 4) is 0 Å². The quantitative estimate of drug-likeness (QED) is 0.397. The molecule has 0 saturated heterocycles. The van der Waals surface area contributed by atoms with Crippen LogP contribution in [0.5, 0.6) is 0 Å². The molecule has 0 atom stereocenters. The van der Waals surface area contributed by atoms with E-state index in [-0.39, 0.29) is 5.78 Å². The maximum absolute atomic E-state index is 12.4. The van der Waals surface area contributed by atoms with E-state index in [2.05, 4.69) is 33.2 Å². The Hall–Kier alpha value is -3.92. The van der Waals surface area contributed by atoms with Crippen molar-refractivity contribution < 1.29 is 4.79 Å². The summed E-state index contributed by atoms with van der Waals surface area (Å²) in [6.45, 7) is 0. The molecule has 4 nitrogen and oxygen atoms in total. The van der Waals surface area contributed by atoms with Crippen LogP contribution in [0.2, 0.25) is 0 Å². The Morgan fingerprint density at radius 3 is 2.29 bits per heavy atom. The average Bonchev–Trinajstić information content (AvgIpc) is 3.46. The lowest BCUT2D eigenvalue weighted by molar-refractivity contribution is 0.107. The van der Waals surface area contributed by atoms with Crippen molar-refractivity contribution in [3.05, 3.63) is 102 Å². The SMILES string of the molecule is O=C1C(c2c[nH]c3ccccc23)=Nc2ccccc21.c1ccc2[nH]ccc2c1. The van der Waals surface area contributed by atoms with Gasteiger partial charge in [0.25, 0.3) is 0 Å². The summed E-state index contributed by atoms with van der Waals surface area (Å²) in [6, 6.07) is 25.7. The zero-order valence-electron chi connectivity index (χ0n) is 15.0. The van der Waals surface area contributed by atoms with Gasteiger partial charge in [0.15, 0.2) is 0 Å². The van der Waals surface area contributed by atoms with E-state index in [0.717, 1.165) is 22.2 Å². The zero-order chi connectivity index (χ0) is 18.9. The molecule has 6 rings (SSSR count). The first-order valence-corrected chi connectivity index (χ1v) is 9.12. The van der Waals surface area contributed by atoms with E-state index < -0.39 is 0 Å². The van der Waals surface area contributed by atoms with E-state index in [1.165, 1.54) is 10.9 Å². The Balaban J connectivity index is 0.000000158. The van der Waals surface area contributed by atoms with Crippen LogP contribution >= 0.6 is 0 Å². The average molecular weight is 363 g/mol. The Bertz CT molecular complexity index is 1310. The summed E-state index contributed by atoms with van der Waals surface area (Å²) in [7, 11) is 0. The molecule has 28 heavy (non-hydrogen) atoms. The van der Waals surface area contributed by atoms with Crippen LogP contribution in [0.15, 0.2) is 96.2 Å². The molecule has 0 spiro atoms. The molecule has 3 heterocycles. The van der Waals surface area contributed by atoms with Crippen molar-refractivity contribution in [3.63, 3.8) is 0 Å². The third kappa shape index (κ3) is 2.72. The Morgan fingerprint density at radius 1 is 0.679 bits per heavy atom. The van der Waals surface area contributed by atoms with Crippen LogP contribution in [0.4, 0.5) is 5.69 Å². The molecule has 0 radical (unpaired) electrons. The predicted molar refractivity (Wildman–Crippen MR) is 114 cm³/mol. The third-order valence-electron chi connectivity index (χ3n) is 4.90. The number of carbonyl (C=O) groups excluding carboxylic acids is 1. The number of fused-ring (bicyclic) bond motifs is 3. The number of rotatable bonds is 1. The second-order valence-corrected chi connectivity index (χ2v) is 6.62. The van der Waals surface area contributed by atoms with Crippen molar-refractivity contribution >= 4 is 39.0 Å². The van der Waals surface area contributed by atoms with Crippen molar-refractivity contribution in [2.24, 2.45) is 4.99 Å². The van der Waals surface area contributed by atoms with Crippen LogP contribution in [0, 0.1) is 0 Å². The molecule has 3 aromatic carbocycles. The lowest BCUT2D eigenvalue weighted by Gasteiger charge is -1.97. The molecule has 1 aliphatic heterocycles. The number of Topliss-reactive ketones (excluding diaryl/α,β-unsaturated/α-hetero) is 1. The highest BCUT2D eigenvalue weighted by atomic mass is 16.1. The largest absolute Gasteiger partial charge is 0.361 e. The fourth-order valence-corrected chi connectivity index (χ4v) is 3.51. The number of aromatic amines is 2. The standard InChI is InChI=1S/C16H10N2O.C8H7N/c19-16-11-6-2-4-8-14(11)18-15(16)12-9-17-13-7-3-1-5-10(12)13;1-2-4-8-7(3-1)5-6-9-8/h1-9,17H;1-6,9H. The van der Waals surface area contributed by atoms with Crippen molar-refractivity contribution in [2.75, 3.05) is 0 Å². The number of para-hydroxylation sites is 3. The Kier molecular flexibility index (Phi) is 3.87. The van der Waals surface area contributed by atoms with Gasteiger partial charge in [-0.2, -0.15) is 0 Å². The fraction of sp³-hybridized carbons (Fsp3) is 0. The molecule has 0 saturated carbocycles. The lowest BCUT2D eigenvalue weighted by atomic mass is 10.0. The monoisotopic (exact) mass is 363 g/mol. The van der Waals surface area contributed by atoms with E-state index in [0.29, 0.717) is 11.3 Å². The van der Waals surface area contributed by atoms with Crippen molar-refractivity contribution in [1.29, 1.82) is 0 Å². The number of hydrogen-bond acceptors (Lipinski definition) is 2. The molecule has 4 heteroatoms. The molecule has 0 aliphatic carbocycles. The van der Waals surface area contributed by atoms with Crippen LogP contribution in [0.3, 0.4) is 0 Å². The van der Waals surface area contributed by atoms with Crippen LogP contribution in [0.1, 0.15) is 15.9 Å². The predicted octanol–water partition coefficient (Wildman–Crippen LogP) is 5.65. The topological polar surface area (TPSA) is 61.0 Å². The molecule has 0 bridgehead atoms. The highest BCUT2D eigenvalue weighted by Crippen LogP contribution is 2.30. The van der Waals surface area contributed by atoms with Gasteiger partial charge in [-0.3, -0.25) is 4.79 Å². The number of nitrogens with zero attached hydrogens (tertiary/aromatic N) is 1. The number of aromatic nitrogens is 2. The maximum atomic E-state index is 12.4. The summed E-state index contributed by atoms with van der Waals surface area (Å²) in [4.78, 5) is 23.2. The minimum Gasteiger partial charge on any atom is -0.361 e. The second-order valence-electron chi connectivity index (χ2n) is 6.62. The molecule has 0 amide bonds. The zero-order valence-corrected chi connectivity index (χ0v) is 15.0. The highest BCUT2D eigenvalue weighted by Gasteiger charge is 2.26. The number of nitrogens with one attached hydrogen (secondary N) is 2. The van der Waals surface area contributed by atoms with Gasteiger partial charge in [-0.25, -0.2) is 4.99 Å². The molecule has 2 N–H and O–H groups in total.